The second-order valence-electron chi connectivity index (χ2n) is 8.58. The number of piperidine rings is 1. The molecule has 0 aliphatic carbocycles. The Hall–Kier alpha value is -3.85. The third kappa shape index (κ3) is 4.34. The summed E-state index contributed by atoms with van der Waals surface area (Å²) in [6.07, 6.45) is 7.30. The molecular weight excluding hydrogens is 428 g/mol. The first kappa shape index (κ1) is 22.0. The van der Waals surface area contributed by atoms with Gasteiger partial charge in [0, 0.05) is 23.9 Å². The molecule has 0 spiro atoms. The number of nitrogens with one attached hydrogen (secondary N) is 2. The molecule has 34 heavy (non-hydrogen) atoms. The van der Waals surface area contributed by atoms with E-state index in [4.69, 9.17) is 10.8 Å². The Morgan fingerprint density at radius 2 is 2.06 bits per heavy atom. The molecule has 1 fully saturated rings. The number of carbonyl (C=O) groups is 1. The number of carbonyl (C=O) groups excluding carboxylic acids is 1. The molecule has 4 aromatic rings. The van der Waals surface area contributed by atoms with Gasteiger partial charge in [-0.3, -0.25) is 4.79 Å². The van der Waals surface area contributed by atoms with Gasteiger partial charge in [-0.2, -0.15) is 5.10 Å². The fourth-order valence-corrected chi connectivity index (χ4v) is 4.45. The van der Waals surface area contributed by atoms with Crippen molar-refractivity contribution < 1.29 is 4.79 Å². The molecule has 4 N–H and O–H groups in total. The van der Waals surface area contributed by atoms with E-state index in [0.29, 0.717) is 17.2 Å². The largest absolute Gasteiger partial charge is 0.383 e. The summed E-state index contributed by atoms with van der Waals surface area (Å²) >= 11 is 0. The number of nitrogens with zero attached hydrogens (tertiary/aromatic N) is 5. The van der Waals surface area contributed by atoms with E-state index in [1.54, 1.807) is 18.3 Å². The summed E-state index contributed by atoms with van der Waals surface area (Å²) in [7, 11) is 0. The van der Waals surface area contributed by atoms with Crippen molar-refractivity contribution in [3.63, 3.8) is 0 Å². The molecule has 9 nitrogen and oxygen atoms in total. The van der Waals surface area contributed by atoms with E-state index in [1.807, 2.05) is 28.9 Å². The van der Waals surface area contributed by atoms with Gasteiger partial charge < -0.3 is 16.4 Å². The van der Waals surface area contributed by atoms with Gasteiger partial charge in [0.15, 0.2) is 5.65 Å². The Morgan fingerprint density at radius 3 is 2.82 bits per heavy atom. The molecular formula is C25H28N8O. The normalized spacial score (nSPS) is 16.0. The minimum Gasteiger partial charge on any atom is -0.383 e. The molecule has 1 aliphatic rings. The van der Waals surface area contributed by atoms with E-state index in [1.165, 1.54) is 6.33 Å². The molecule has 0 saturated carbocycles. The molecule has 3 aromatic heterocycles. The fourth-order valence-electron chi connectivity index (χ4n) is 4.45. The van der Waals surface area contributed by atoms with Gasteiger partial charge in [-0.15, -0.1) is 0 Å². The van der Waals surface area contributed by atoms with E-state index < -0.39 is 0 Å². The molecule has 4 heterocycles. The highest BCUT2D eigenvalue weighted by Crippen LogP contribution is 2.33. The van der Waals surface area contributed by atoms with Crippen molar-refractivity contribution in [1.82, 2.24) is 30.0 Å². The number of nitrogens with two attached hydrogens (primary N) is 1. The zero-order valence-electron chi connectivity index (χ0n) is 19.2. The minimum atomic E-state index is -0.209. The van der Waals surface area contributed by atoms with Crippen LogP contribution in [-0.4, -0.2) is 43.7 Å². The SMILES string of the molecule is CCCc1ccnc(NC(=O)c2ccc(-c3nn(C4CCCNC4)c4ncnc(N)c34)cc2)c1. The van der Waals surface area contributed by atoms with E-state index >= 15 is 0 Å². The van der Waals surface area contributed by atoms with Crippen molar-refractivity contribution in [2.75, 3.05) is 24.1 Å². The second kappa shape index (κ2) is 9.56. The second-order valence-corrected chi connectivity index (χ2v) is 8.58. The number of hydrogen-bond acceptors (Lipinski definition) is 7. The first-order valence-corrected chi connectivity index (χ1v) is 11.7. The van der Waals surface area contributed by atoms with Crippen LogP contribution in [0.1, 0.15) is 48.1 Å². The number of anilines is 2. The summed E-state index contributed by atoms with van der Waals surface area (Å²) < 4.78 is 1.96. The van der Waals surface area contributed by atoms with Gasteiger partial charge in [0.05, 0.1) is 11.4 Å². The summed E-state index contributed by atoms with van der Waals surface area (Å²) in [4.78, 5) is 25.7. The summed E-state index contributed by atoms with van der Waals surface area (Å²) in [5, 5.41) is 11.9. The first-order chi connectivity index (χ1) is 16.6. The average molecular weight is 457 g/mol. The van der Waals surface area contributed by atoms with Crippen molar-refractivity contribution in [3.8, 4) is 11.3 Å². The zero-order valence-corrected chi connectivity index (χ0v) is 19.2. The van der Waals surface area contributed by atoms with Gasteiger partial charge in [-0.25, -0.2) is 19.6 Å². The number of fused-ring (bicyclic) bond motifs is 1. The maximum absolute atomic E-state index is 12.8. The quantitative estimate of drug-likeness (QED) is 0.405. The van der Waals surface area contributed by atoms with E-state index in [0.717, 1.165) is 66.6 Å². The molecule has 1 saturated heterocycles. The van der Waals surface area contributed by atoms with Crippen LogP contribution in [0.25, 0.3) is 22.3 Å². The number of amides is 1. The summed E-state index contributed by atoms with van der Waals surface area (Å²) in [6.45, 7) is 3.98. The zero-order chi connectivity index (χ0) is 23.5. The highest BCUT2D eigenvalue weighted by atomic mass is 16.1. The summed E-state index contributed by atoms with van der Waals surface area (Å²) in [5.41, 5.74) is 10.2. The van der Waals surface area contributed by atoms with Gasteiger partial charge in [0.1, 0.15) is 23.7 Å². The molecule has 0 bridgehead atoms. The smallest absolute Gasteiger partial charge is 0.256 e. The molecule has 1 atom stereocenters. The van der Waals surface area contributed by atoms with Crippen LogP contribution in [0.4, 0.5) is 11.6 Å². The fraction of sp³-hybridized carbons (Fsp3) is 0.320. The molecule has 174 valence electrons. The lowest BCUT2D eigenvalue weighted by molar-refractivity contribution is 0.102. The lowest BCUT2D eigenvalue weighted by atomic mass is 10.1. The van der Waals surface area contributed by atoms with Gasteiger partial charge >= 0.3 is 0 Å². The Bertz CT molecular complexity index is 1310. The van der Waals surface area contributed by atoms with Crippen LogP contribution >= 0.6 is 0 Å². The molecule has 5 rings (SSSR count). The Balaban J connectivity index is 1.42. The summed E-state index contributed by atoms with van der Waals surface area (Å²) in [6, 6.07) is 11.4. The Morgan fingerprint density at radius 1 is 1.21 bits per heavy atom. The molecule has 9 heteroatoms. The Labute approximate surface area is 197 Å². The standard InChI is InChI=1S/C25H28N8O/c1-2-4-16-10-12-28-20(13-16)31-25(34)18-8-6-17(7-9-18)22-21-23(26)29-15-30-24(21)33(32-22)19-5-3-11-27-14-19/h6-10,12-13,15,19,27H,2-5,11,14H2,1H3,(H2,26,29,30)(H,28,31,34). The van der Waals surface area contributed by atoms with Crippen LogP contribution in [0.2, 0.25) is 0 Å². The maximum atomic E-state index is 12.8. The topological polar surface area (TPSA) is 124 Å². The van der Waals surface area contributed by atoms with E-state index in [9.17, 15) is 4.79 Å². The predicted octanol–water partition coefficient (Wildman–Crippen LogP) is 3.60. The van der Waals surface area contributed by atoms with Crippen molar-refractivity contribution in [1.29, 1.82) is 0 Å². The van der Waals surface area contributed by atoms with Gasteiger partial charge in [0.2, 0.25) is 0 Å². The van der Waals surface area contributed by atoms with Gasteiger partial charge in [0.25, 0.3) is 5.91 Å². The maximum Gasteiger partial charge on any atom is 0.256 e. The highest BCUT2D eigenvalue weighted by molar-refractivity contribution is 6.04. The lowest BCUT2D eigenvalue weighted by Gasteiger charge is -2.23. The molecule has 1 aromatic carbocycles. The summed E-state index contributed by atoms with van der Waals surface area (Å²) in [5.74, 6) is 0.741. The lowest BCUT2D eigenvalue weighted by Crippen LogP contribution is -2.32. The van der Waals surface area contributed by atoms with Gasteiger partial charge in [-0.05, 0) is 55.6 Å². The van der Waals surface area contributed by atoms with Crippen molar-refractivity contribution in [2.24, 2.45) is 0 Å². The monoisotopic (exact) mass is 456 g/mol. The predicted molar refractivity (Wildman–Crippen MR) is 132 cm³/mol. The minimum absolute atomic E-state index is 0.209. The number of benzene rings is 1. The Kier molecular flexibility index (Phi) is 6.18. The number of rotatable bonds is 6. The number of pyridine rings is 1. The van der Waals surface area contributed by atoms with Crippen LogP contribution in [-0.2, 0) is 6.42 Å². The van der Waals surface area contributed by atoms with Crippen molar-refractivity contribution in [3.05, 3.63) is 60.0 Å². The number of hydrogen-bond donors (Lipinski definition) is 3. The molecule has 1 unspecified atom stereocenters. The molecule has 0 radical (unpaired) electrons. The van der Waals surface area contributed by atoms with Crippen LogP contribution < -0.4 is 16.4 Å². The molecule has 1 amide bonds. The van der Waals surface area contributed by atoms with E-state index in [-0.39, 0.29) is 11.9 Å². The van der Waals surface area contributed by atoms with Crippen molar-refractivity contribution >= 4 is 28.6 Å². The number of aromatic nitrogens is 5. The highest BCUT2D eigenvalue weighted by Gasteiger charge is 2.23. The average Bonchev–Trinajstić information content (AvgIpc) is 3.26. The van der Waals surface area contributed by atoms with Gasteiger partial charge in [-0.1, -0.05) is 25.5 Å². The van der Waals surface area contributed by atoms with E-state index in [2.05, 4.69) is 32.5 Å². The van der Waals surface area contributed by atoms with Crippen molar-refractivity contribution in [2.45, 2.75) is 38.6 Å². The van der Waals surface area contributed by atoms with Crippen LogP contribution in [0.15, 0.2) is 48.9 Å². The third-order valence-corrected chi connectivity index (χ3v) is 6.16. The van der Waals surface area contributed by atoms with Crippen LogP contribution in [0.5, 0.6) is 0 Å². The van der Waals surface area contributed by atoms with Crippen LogP contribution in [0.3, 0.4) is 0 Å². The molecule has 1 aliphatic heterocycles. The first-order valence-electron chi connectivity index (χ1n) is 11.7. The number of nitrogen functional groups attached to an aromatic ring is 1. The van der Waals surface area contributed by atoms with Crippen LogP contribution in [0, 0.1) is 0 Å². The third-order valence-electron chi connectivity index (χ3n) is 6.16. The number of aryl methyl sites for hydroxylation is 1.